The van der Waals surface area contributed by atoms with Gasteiger partial charge in [-0.15, -0.1) is 19.0 Å². The number of hydrogen-bond acceptors (Lipinski definition) is 4. The van der Waals surface area contributed by atoms with Gasteiger partial charge in [-0.25, -0.2) is 13.1 Å². The predicted molar refractivity (Wildman–Crippen MR) is 96.7 cm³/mol. The molecule has 0 heterocycles. The topological polar surface area (TPSA) is 101 Å². The third kappa shape index (κ3) is 4.80. The van der Waals surface area contributed by atoms with E-state index in [1.54, 1.807) is 12.1 Å². The molecular weight excluding hydrogens is 350 g/mol. The maximum absolute atomic E-state index is 12.4. The summed E-state index contributed by atoms with van der Waals surface area (Å²) in [5, 5.41) is 2.95. The summed E-state index contributed by atoms with van der Waals surface area (Å²) in [5.41, 5.74) is 5.64. The van der Waals surface area contributed by atoms with Gasteiger partial charge in [-0.1, -0.05) is 12.1 Å². The highest BCUT2D eigenvalue weighted by Gasteiger charge is 2.41. The number of sulfonamides is 1. The minimum Gasteiger partial charge on any atom is -0.345 e. The van der Waals surface area contributed by atoms with Gasteiger partial charge in [0.2, 0.25) is 10.0 Å². The zero-order valence-electron chi connectivity index (χ0n) is 13.6. The largest absolute Gasteiger partial charge is 0.345 e. The Morgan fingerprint density at radius 1 is 1.46 bits per heavy atom. The fraction of sp³-hybridized carbons (Fsp3) is 0.438. The molecule has 1 amide bonds. The Hall–Kier alpha value is -1.41. The maximum atomic E-state index is 12.4. The lowest BCUT2D eigenvalue weighted by Crippen LogP contribution is -2.53. The number of carbonyl (C=O) groups excluding carboxylic acids is 1. The summed E-state index contributed by atoms with van der Waals surface area (Å²) in [7, 11) is -3.66. The molecule has 1 aromatic rings. The second-order valence-electron chi connectivity index (χ2n) is 6.02. The first-order valence-electron chi connectivity index (χ1n) is 7.55. The zero-order chi connectivity index (χ0) is 17.1. The van der Waals surface area contributed by atoms with Crippen LogP contribution in [0.5, 0.6) is 0 Å². The summed E-state index contributed by atoms with van der Waals surface area (Å²) in [6.07, 6.45) is 3.55. The number of amides is 1. The van der Waals surface area contributed by atoms with Crippen LogP contribution < -0.4 is 15.8 Å². The molecule has 0 radical (unpaired) electrons. The molecule has 6 nitrogen and oxygen atoms in total. The Bertz CT molecular complexity index is 704. The van der Waals surface area contributed by atoms with E-state index in [-0.39, 0.29) is 29.8 Å². The van der Waals surface area contributed by atoms with Crippen molar-refractivity contribution in [2.45, 2.75) is 30.2 Å². The van der Waals surface area contributed by atoms with Crippen LogP contribution in [-0.4, -0.2) is 33.0 Å². The molecule has 1 atom stereocenters. The molecular formula is C16H24ClN3O3S. The molecule has 0 saturated heterocycles. The van der Waals surface area contributed by atoms with Crippen molar-refractivity contribution in [2.24, 2.45) is 11.7 Å². The fourth-order valence-corrected chi connectivity index (χ4v) is 3.47. The predicted octanol–water partition coefficient (Wildman–Crippen LogP) is 1.43. The molecule has 1 unspecified atom stereocenters. The van der Waals surface area contributed by atoms with E-state index < -0.39 is 15.6 Å². The Balaban J connectivity index is 0.00000288. The van der Waals surface area contributed by atoms with Gasteiger partial charge in [0.05, 0.1) is 10.4 Å². The van der Waals surface area contributed by atoms with Gasteiger partial charge >= 0.3 is 0 Å². The van der Waals surface area contributed by atoms with Gasteiger partial charge in [0.15, 0.2) is 0 Å². The number of halogens is 1. The lowest BCUT2D eigenvalue weighted by molar-refractivity contribution is 0.0897. The van der Waals surface area contributed by atoms with Crippen LogP contribution in [0.4, 0.5) is 0 Å². The number of nitrogens with two attached hydrogens (primary N) is 1. The molecule has 0 aromatic heterocycles. The Morgan fingerprint density at radius 2 is 2.12 bits per heavy atom. The SMILES string of the molecule is C=CCNS(=O)(=O)c1cccc(C(=O)NC(C)(CN)C2CC2)c1.Cl. The molecule has 134 valence electrons. The first-order chi connectivity index (χ1) is 10.8. The third-order valence-corrected chi connectivity index (χ3v) is 5.55. The zero-order valence-corrected chi connectivity index (χ0v) is 15.3. The summed E-state index contributed by atoms with van der Waals surface area (Å²) in [6.45, 7) is 5.88. The molecule has 2 rings (SSSR count). The maximum Gasteiger partial charge on any atom is 0.251 e. The van der Waals surface area contributed by atoms with E-state index in [0.29, 0.717) is 18.0 Å². The lowest BCUT2D eigenvalue weighted by atomic mass is 9.95. The summed E-state index contributed by atoms with van der Waals surface area (Å²) in [5.74, 6) is 0.0724. The van der Waals surface area contributed by atoms with E-state index in [2.05, 4.69) is 16.6 Å². The lowest BCUT2D eigenvalue weighted by Gasteiger charge is -2.29. The first kappa shape index (κ1) is 20.6. The number of carbonyl (C=O) groups is 1. The van der Waals surface area contributed by atoms with Crippen molar-refractivity contribution in [2.75, 3.05) is 13.1 Å². The summed E-state index contributed by atoms with van der Waals surface area (Å²) in [4.78, 5) is 12.5. The monoisotopic (exact) mass is 373 g/mol. The highest BCUT2D eigenvalue weighted by molar-refractivity contribution is 7.89. The quantitative estimate of drug-likeness (QED) is 0.600. The van der Waals surface area contributed by atoms with Gasteiger partial charge in [-0.05, 0) is 43.9 Å². The van der Waals surface area contributed by atoms with Crippen molar-refractivity contribution in [1.29, 1.82) is 0 Å². The van der Waals surface area contributed by atoms with Gasteiger partial charge in [0.1, 0.15) is 0 Å². The van der Waals surface area contributed by atoms with Gasteiger partial charge in [-0.2, -0.15) is 0 Å². The Morgan fingerprint density at radius 3 is 2.67 bits per heavy atom. The van der Waals surface area contributed by atoms with Gasteiger partial charge in [0, 0.05) is 18.7 Å². The second-order valence-corrected chi connectivity index (χ2v) is 7.79. The van der Waals surface area contributed by atoms with Gasteiger partial charge in [-0.3, -0.25) is 4.79 Å². The first-order valence-corrected chi connectivity index (χ1v) is 9.04. The molecule has 1 aliphatic rings. The smallest absolute Gasteiger partial charge is 0.251 e. The van der Waals surface area contributed by atoms with E-state index in [1.165, 1.54) is 18.2 Å². The van der Waals surface area contributed by atoms with Crippen molar-refractivity contribution in [3.63, 3.8) is 0 Å². The van der Waals surface area contributed by atoms with Gasteiger partial charge in [0.25, 0.3) is 5.91 Å². The highest BCUT2D eigenvalue weighted by atomic mass is 35.5. The molecule has 8 heteroatoms. The van der Waals surface area contributed by atoms with E-state index in [1.807, 2.05) is 6.92 Å². The minimum atomic E-state index is -3.66. The van der Waals surface area contributed by atoms with Crippen molar-refractivity contribution >= 4 is 28.3 Å². The Labute approximate surface area is 149 Å². The van der Waals surface area contributed by atoms with Crippen molar-refractivity contribution in [1.82, 2.24) is 10.0 Å². The van der Waals surface area contributed by atoms with Crippen LogP contribution in [0.15, 0.2) is 41.8 Å². The second kappa shape index (κ2) is 8.11. The molecule has 4 N–H and O–H groups in total. The normalized spacial score (nSPS) is 16.6. The van der Waals surface area contributed by atoms with Crippen LogP contribution in [-0.2, 0) is 10.0 Å². The molecule has 24 heavy (non-hydrogen) atoms. The molecule has 0 bridgehead atoms. The average Bonchev–Trinajstić information content (AvgIpc) is 3.38. The Kier molecular flexibility index (Phi) is 6.97. The van der Waals surface area contributed by atoms with E-state index in [4.69, 9.17) is 5.73 Å². The standard InChI is InChI=1S/C16H23N3O3S.ClH/c1-3-9-18-23(21,22)14-6-4-5-12(10-14)15(20)19-16(2,11-17)13-7-8-13;/h3-6,10,13,18H,1,7-9,11,17H2,2H3,(H,19,20);1H. The van der Waals surface area contributed by atoms with Crippen LogP contribution in [0.25, 0.3) is 0 Å². The van der Waals surface area contributed by atoms with E-state index >= 15 is 0 Å². The third-order valence-electron chi connectivity index (χ3n) is 4.13. The summed E-state index contributed by atoms with van der Waals surface area (Å²) >= 11 is 0. The minimum absolute atomic E-state index is 0. The van der Waals surface area contributed by atoms with Crippen LogP contribution in [0.1, 0.15) is 30.1 Å². The van der Waals surface area contributed by atoms with Crippen LogP contribution >= 0.6 is 12.4 Å². The summed E-state index contributed by atoms with van der Waals surface area (Å²) < 4.78 is 26.6. The molecule has 1 aromatic carbocycles. The van der Waals surface area contributed by atoms with Crippen molar-refractivity contribution in [3.8, 4) is 0 Å². The molecule has 0 aliphatic heterocycles. The van der Waals surface area contributed by atoms with Crippen LogP contribution in [0.2, 0.25) is 0 Å². The molecule has 1 aliphatic carbocycles. The number of benzene rings is 1. The van der Waals surface area contributed by atoms with E-state index in [0.717, 1.165) is 12.8 Å². The number of rotatable bonds is 8. The summed E-state index contributed by atoms with van der Waals surface area (Å²) in [6, 6.07) is 5.95. The van der Waals surface area contributed by atoms with Crippen molar-refractivity contribution in [3.05, 3.63) is 42.5 Å². The van der Waals surface area contributed by atoms with Crippen LogP contribution in [0, 0.1) is 5.92 Å². The van der Waals surface area contributed by atoms with Crippen molar-refractivity contribution < 1.29 is 13.2 Å². The average molecular weight is 374 g/mol. The van der Waals surface area contributed by atoms with E-state index in [9.17, 15) is 13.2 Å². The number of hydrogen-bond donors (Lipinski definition) is 3. The van der Waals surface area contributed by atoms with Gasteiger partial charge < -0.3 is 11.1 Å². The molecule has 0 spiro atoms. The molecule has 1 fully saturated rings. The van der Waals surface area contributed by atoms with Crippen LogP contribution in [0.3, 0.4) is 0 Å². The highest BCUT2D eigenvalue weighted by Crippen LogP contribution is 2.39. The fourth-order valence-electron chi connectivity index (χ4n) is 2.43. The number of nitrogens with one attached hydrogen (secondary N) is 2. The molecule has 1 saturated carbocycles.